The van der Waals surface area contributed by atoms with E-state index in [1.807, 2.05) is 37.6 Å². The fourth-order valence-corrected chi connectivity index (χ4v) is 4.05. The molecule has 1 aromatic heterocycles. The van der Waals surface area contributed by atoms with Crippen molar-refractivity contribution >= 4 is 17.5 Å². The molecule has 2 aromatic rings. The van der Waals surface area contributed by atoms with Crippen LogP contribution in [-0.4, -0.2) is 35.3 Å². The van der Waals surface area contributed by atoms with Crippen LogP contribution in [-0.2, 0) is 17.3 Å². The van der Waals surface area contributed by atoms with E-state index in [1.54, 1.807) is 4.68 Å². The lowest BCUT2D eigenvalue weighted by molar-refractivity contribution is -0.124. The molecule has 2 N–H and O–H groups in total. The third kappa shape index (κ3) is 3.31. The number of aromatic nitrogens is 2. The SMILES string of the molecule is Cn1cc([C@H]2CNC[C@@H]2C(=O)NCC2(c3cccc(Cl)c3)CC2)cn1. The van der Waals surface area contributed by atoms with Crippen LogP contribution in [0, 0.1) is 5.92 Å². The third-order valence-corrected chi connectivity index (χ3v) is 5.83. The fraction of sp³-hybridized carbons (Fsp3) is 0.474. The molecule has 2 atom stereocenters. The van der Waals surface area contributed by atoms with Gasteiger partial charge in [0.15, 0.2) is 0 Å². The van der Waals surface area contributed by atoms with Gasteiger partial charge in [-0.1, -0.05) is 23.7 Å². The lowest BCUT2D eigenvalue weighted by atomic mass is 9.89. The number of nitrogens with zero attached hydrogens (tertiary/aromatic N) is 2. The van der Waals surface area contributed by atoms with Crippen molar-refractivity contribution in [3.05, 3.63) is 52.8 Å². The van der Waals surface area contributed by atoms with Crippen molar-refractivity contribution in [2.24, 2.45) is 13.0 Å². The van der Waals surface area contributed by atoms with Gasteiger partial charge in [-0.05, 0) is 36.1 Å². The molecule has 2 fully saturated rings. The molecular formula is C19H23ClN4O. The Kier molecular flexibility index (Phi) is 4.29. The van der Waals surface area contributed by atoms with E-state index in [0.717, 1.165) is 36.5 Å². The van der Waals surface area contributed by atoms with Crippen molar-refractivity contribution in [1.29, 1.82) is 0 Å². The summed E-state index contributed by atoms with van der Waals surface area (Å²) < 4.78 is 1.79. The van der Waals surface area contributed by atoms with Gasteiger partial charge in [-0.2, -0.15) is 5.10 Å². The van der Waals surface area contributed by atoms with Crippen LogP contribution >= 0.6 is 11.6 Å². The van der Waals surface area contributed by atoms with Crippen molar-refractivity contribution in [3.8, 4) is 0 Å². The predicted octanol–water partition coefficient (Wildman–Crippen LogP) is 2.22. The number of nitrogens with one attached hydrogen (secondary N) is 2. The Labute approximate surface area is 152 Å². The second-order valence-electron chi connectivity index (χ2n) is 7.33. The summed E-state index contributed by atoms with van der Waals surface area (Å²) in [5, 5.41) is 11.5. The number of carbonyl (C=O) groups is 1. The Bertz CT molecular complexity index is 783. The van der Waals surface area contributed by atoms with Crippen molar-refractivity contribution in [2.75, 3.05) is 19.6 Å². The topological polar surface area (TPSA) is 59.0 Å². The molecule has 132 valence electrons. The minimum Gasteiger partial charge on any atom is -0.355 e. The molecule has 1 aliphatic heterocycles. The van der Waals surface area contributed by atoms with Gasteiger partial charge in [-0.3, -0.25) is 9.48 Å². The van der Waals surface area contributed by atoms with E-state index < -0.39 is 0 Å². The monoisotopic (exact) mass is 358 g/mol. The number of rotatable bonds is 5. The lowest BCUT2D eigenvalue weighted by Gasteiger charge is -2.21. The zero-order chi connectivity index (χ0) is 17.4. The number of halogens is 1. The predicted molar refractivity (Wildman–Crippen MR) is 97.7 cm³/mol. The van der Waals surface area contributed by atoms with Crippen LogP contribution in [0.3, 0.4) is 0 Å². The summed E-state index contributed by atoms with van der Waals surface area (Å²) in [7, 11) is 1.91. The van der Waals surface area contributed by atoms with Gasteiger partial charge in [0.2, 0.25) is 5.91 Å². The highest BCUT2D eigenvalue weighted by Gasteiger charge is 2.45. The van der Waals surface area contributed by atoms with Crippen LogP contribution in [0.5, 0.6) is 0 Å². The molecule has 0 unspecified atom stereocenters. The number of carbonyl (C=O) groups excluding carboxylic acids is 1. The second kappa shape index (κ2) is 6.46. The van der Waals surface area contributed by atoms with E-state index in [4.69, 9.17) is 11.6 Å². The molecule has 4 rings (SSSR count). The largest absolute Gasteiger partial charge is 0.355 e. The Morgan fingerprint density at radius 1 is 1.44 bits per heavy atom. The number of aryl methyl sites for hydroxylation is 1. The molecule has 1 aliphatic carbocycles. The van der Waals surface area contributed by atoms with Crippen molar-refractivity contribution in [3.63, 3.8) is 0 Å². The molecule has 2 aliphatic rings. The van der Waals surface area contributed by atoms with E-state index in [1.165, 1.54) is 5.56 Å². The Balaban J connectivity index is 1.42. The van der Waals surface area contributed by atoms with Gasteiger partial charge in [0.1, 0.15) is 0 Å². The van der Waals surface area contributed by atoms with Crippen molar-refractivity contribution in [2.45, 2.75) is 24.2 Å². The van der Waals surface area contributed by atoms with E-state index in [0.29, 0.717) is 6.54 Å². The van der Waals surface area contributed by atoms with Crippen molar-refractivity contribution in [1.82, 2.24) is 20.4 Å². The number of hydrogen-bond donors (Lipinski definition) is 2. The van der Waals surface area contributed by atoms with Crippen LogP contribution in [0.2, 0.25) is 5.02 Å². The first-order valence-electron chi connectivity index (χ1n) is 8.80. The van der Waals surface area contributed by atoms with Gasteiger partial charge in [-0.15, -0.1) is 0 Å². The number of benzene rings is 1. The lowest BCUT2D eigenvalue weighted by Crippen LogP contribution is -2.38. The highest BCUT2D eigenvalue weighted by atomic mass is 35.5. The van der Waals surface area contributed by atoms with E-state index >= 15 is 0 Å². The molecule has 0 radical (unpaired) electrons. The summed E-state index contributed by atoms with van der Waals surface area (Å²) in [6.07, 6.45) is 6.07. The minimum absolute atomic E-state index is 0.0423. The molecule has 0 spiro atoms. The minimum atomic E-state index is -0.0423. The molecule has 25 heavy (non-hydrogen) atoms. The standard InChI is InChI=1S/C19H23ClN4O/c1-24-11-13(8-23-24)16-9-21-10-17(16)18(25)22-12-19(5-6-19)14-3-2-4-15(20)7-14/h2-4,7-8,11,16-17,21H,5-6,9-10,12H2,1H3,(H,22,25)/t16-,17+/m1/s1. The van der Waals surface area contributed by atoms with E-state index in [9.17, 15) is 4.79 Å². The maximum absolute atomic E-state index is 12.8. The first kappa shape index (κ1) is 16.6. The van der Waals surface area contributed by atoms with Gasteiger partial charge in [-0.25, -0.2) is 0 Å². The molecule has 6 heteroatoms. The zero-order valence-corrected chi connectivity index (χ0v) is 15.1. The summed E-state index contributed by atoms with van der Waals surface area (Å²) in [5.74, 6) is 0.279. The van der Waals surface area contributed by atoms with Crippen LogP contribution in [0.1, 0.15) is 29.9 Å². The Morgan fingerprint density at radius 2 is 2.28 bits per heavy atom. The van der Waals surface area contributed by atoms with Gasteiger partial charge >= 0.3 is 0 Å². The van der Waals surface area contributed by atoms with Gasteiger partial charge in [0.25, 0.3) is 0 Å². The molecule has 1 amide bonds. The number of amides is 1. The van der Waals surface area contributed by atoms with Crippen molar-refractivity contribution < 1.29 is 4.79 Å². The normalized spacial score (nSPS) is 24.2. The highest BCUT2D eigenvalue weighted by Crippen LogP contribution is 2.48. The Morgan fingerprint density at radius 3 is 2.96 bits per heavy atom. The molecule has 5 nitrogen and oxygen atoms in total. The van der Waals surface area contributed by atoms with Crippen LogP contribution in [0.25, 0.3) is 0 Å². The third-order valence-electron chi connectivity index (χ3n) is 5.60. The maximum Gasteiger partial charge on any atom is 0.225 e. The first-order valence-corrected chi connectivity index (χ1v) is 9.18. The van der Waals surface area contributed by atoms with Crippen LogP contribution in [0.4, 0.5) is 0 Å². The summed E-state index contributed by atoms with van der Waals surface area (Å²) >= 11 is 6.13. The second-order valence-corrected chi connectivity index (χ2v) is 7.76. The van der Waals surface area contributed by atoms with Gasteiger partial charge in [0.05, 0.1) is 12.1 Å². The molecule has 1 aromatic carbocycles. The quantitative estimate of drug-likeness (QED) is 0.861. The summed E-state index contributed by atoms with van der Waals surface area (Å²) in [6, 6.07) is 8.01. The highest BCUT2D eigenvalue weighted by molar-refractivity contribution is 6.30. The molecule has 2 heterocycles. The summed E-state index contributed by atoms with van der Waals surface area (Å²) in [4.78, 5) is 12.8. The summed E-state index contributed by atoms with van der Waals surface area (Å²) in [5.41, 5.74) is 2.42. The molecule has 1 saturated heterocycles. The van der Waals surface area contributed by atoms with Gasteiger partial charge in [0, 0.05) is 49.2 Å². The van der Waals surface area contributed by atoms with Crippen LogP contribution in [0.15, 0.2) is 36.7 Å². The molecule has 1 saturated carbocycles. The van der Waals surface area contributed by atoms with E-state index in [-0.39, 0.29) is 23.2 Å². The Hall–Kier alpha value is -1.85. The summed E-state index contributed by atoms with van der Waals surface area (Å²) in [6.45, 7) is 2.22. The van der Waals surface area contributed by atoms with Gasteiger partial charge < -0.3 is 10.6 Å². The average Bonchev–Trinajstić information content (AvgIpc) is 3.01. The maximum atomic E-state index is 12.8. The smallest absolute Gasteiger partial charge is 0.225 e. The number of hydrogen-bond acceptors (Lipinski definition) is 3. The molecule has 0 bridgehead atoms. The average molecular weight is 359 g/mol. The molecular weight excluding hydrogens is 336 g/mol. The fourth-order valence-electron chi connectivity index (χ4n) is 3.86. The van der Waals surface area contributed by atoms with Crippen LogP contribution < -0.4 is 10.6 Å². The zero-order valence-electron chi connectivity index (χ0n) is 14.3. The van der Waals surface area contributed by atoms with E-state index in [2.05, 4.69) is 21.8 Å². The first-order chi connectivity index (χ1) is 12.1.